The normalized spacial score (nSPS) is 15.2. The molecule has 3 aromatic heterocycles. The fourth-order valence-corrected chi connectivity index (χ4v) is 5.24. The van der Waals surface area contributed by atoms with Crippen LogP contribution in [0.2, 0.25) is 0 Å². The van der Waals surface area contributed by atoms with Crippen molar-refractivity contribution < 1.29 is 14.3 Å². The van der Waals surface area contributed by atoms with E-state index in [2.05, 4.69) is 10.3 Å². The maximum absolute atomic E-state index is 13.3. The van der Waals surface area contributed by atoms with E-state index in [1.807, 2.05) is 50.2 Å². The van der Waals surface area contributed by atoms with Gasteiger partial charge in [0.25, 0.3) is 11.5 Å². The van der Waals surface area contributed by atoms with E-state index in [-0.39, 0.29) is 24.2 Å². The number of thiophene rings is 1. The Balaban J connectivity index is 0.00000133. The summed E-state index contributed by atoms with van der Waals surface area (Å²) in [4.78, 5) is 30.9. The van der Waals surface area contributed by atoms with Crippen LogP contribution in [0.25, 0.3) is 21.0 Å². The fraction of sp³-hybridized carbons (Fsp3) is 0.346. The van der Waals surface area contributed by atoms with Crippen molar-refractivity contribution in [1.29, 1.82) is 0 Å². The molecule has 8 heteroatoms. The molecule has 1 fully saturated rings. The first kappa shape index (κ1) is 23.9. The number of rotatable bonds is 6. The molecule has 1 saturated heterocycles. The van der Waals surface area contributed by atoms with Crippen LogP contribution >= 0.6 is 11.3 Å². The van der Waals surface area contributed by atoms with Gasteiger partial charge in [-0.3, -0.25) is 14.6 Å². The van der Waals surface area contributed by atoms with Gasteiger partial charge in [0.15, 0.2) is 5.75 Å². The van der Waals surface area contributed by atoms with Crippen LogP contribution < -0.4 is 15.6 Å². The summed E-state index contributed by atoms with van der Waals surface area (Å²) in [6.45, 7) is 5.40. The molecule has 0 saturated carbocycles. The van der Waals surface area contributed by atoms with Gasteiger partial charge in [-0.1, -0.05) is 32.0 Å². The minimum atomic E-state index is -0.252. The lowest BCUT2D eigenvalue weighted by atomic mass is 10.1. The lowest BCUT2D eigenvalue weighted by Gasteiger charge is -2.12. The van der Waals surface area contributed by atoms with E-state index in [0.717, 1.165) is 40.6 Å². The van der Waals surface area contributed by atoms with E-state index in [4.69, 9.17) is 9.47 Å². The first-order valence-corrected chi connectivity index (χ1v) is 12.4. The highest BCUT2D eigenvalue weighted by atomic mass is 32.1. The molecule has 4 aromatic rings. The number of carbonyl (C=O) groups excluding carboxylic acids is 1. The van der Waals surface area contributed by atoms with Crippen LogP contribution in [0.5, 0.6) is 5.75 Å². The summed E-state index contributed by atoms with van der Waals surface area (Å²) in [5, 5.41) is 4.33. The molecule has 1 atom stereocenters. The van der Waals surface area contributed by atoms with E-state index >= 15 is 0 Å². The topological polar surface area (TPSA) is 82.5 Å². The lowest BCUT2D eigenvalue weighted by molar-refractivity contribution is 0.0858. The van der Waals surface area contributed by atoms with Crippen molar-refractivity contribution in [2.24, 2.45) is 7.05 Å². The molecule has 1 aromatic carbocycles. The molecule has 1 aliphatic heterocycles. The minimum Gasteiger partial charge on any atom is -0.486 e. The highest BCUT2D eigenvalue weighted by Crippen LogP contribution is 2.40. The number of amides is 1. The van der Waals surface area contributed by atoms with Crippen molar-refractivity contribution in [1.82, 2.24) is 14.9 Å². The van der Waals surface area contributed by atoms with Crippen molar-refractivity contribution in [3.8, 4) is 5.75 Å². The number of aromatic nitrogens is 2. The second-order valence-corrected chi connectivity index (χ2v) is 8.86. The molecule has 5 rings (SSSR count). The number of hydrogen-bond donors (Lipinski definition) is 1. The average Bonchev–Trinajstić information content (AvgIpc) is 3.55. The molecule has 178 valence electrons. The Morgan fingerprint density at radius 2 is 2.00 bits per heavy atom. The molecule has 1 amide bonds. The number of para-hydroxylation sites is 1. The highest BCUT2D eigenvalue weighted by molar-refractivity contribution is 7.22. The van der Waals surface area contributed by atoms with Crippen molar-refractivity contribution in [3.05, 3.63) is 69.6 Å². The van der Waals surface area contributed by atoms with Gasteiger partial charge in [-0.15, -0.1) is 11.3 Å². The minimum absolute atomic E-state index is 0.0308. The zero-order chi connectivity index (χ0) is 24.1. The number of nitrogens with zero attached hydrogens (tertiary/aromatic N) is 2. The third kappa shape index (κ3) is 4.69. The Bertz CT molecular complexity index is 1340. The molecule has 0 bridgehead atoms. The first-order valence-electron chi connectivity index (χ1n) is 11.6. The summed E-state index contributed by atoms with van der Waals surface area (Å²) in [5.74, 6) is 0.0792. The quantitative estimate of drug-likeness (QED) is 0.435. The number of fused-ring (bicyclic) bond motifs is 3. The second-order valence-electron chi connectivity index (χ2n) is 7.83. The molecule has 0 spiro atoms. The van der Waals surface area contributed by atoms with Gasteiger partial charge in [0.1, 0.15) is 16.9 Å². The molecule has 0 aliphatic carbocycles. The monoisotopic (exact) mass is 479 g/mol. The van der Waals surface area contributed by atoms with Gasteiger partial charge in [0.2, 0.25) is 0 Å². The van der Waals surface area contributed by atoms with E-state index in [0.29, 0.717) is 22.6 Å². The maximum atomic E-state index is 13.3. The van der Waals surface area contributed by atoms with E-state index < -0.39 is 0 Å². The van der Waals surface area contributed by atoms with Crippen molar-refractivity contribution >= 4 is 38.2 Å². The summed E-state index contributed by atoms with van der Waals surface area (Å²) in [7, 11) is 1.74. The Morgan fingerprint density at radius 3 is 2.74 bits per heavy atom. The molecule has 34 heavy (non-hydrogen) atoms. The Hall–Kier alpha value is -3.23. The van der Waals surface area contributed by atoms with Gasteiger partial charge in [-0.05, 0) is 36.6 Å². The molecule has 4 heterocycles. The van der Waals surface area contributed by atoms with Crippen molar-refractivity contribution in [2.45, 2.75) is 39.4 Å². The van der Waals surface area contributed by atoms with Gasteiger partial charge in [-0.2, -0.15) is 0 Å². The summed E-state index contributed by atoms with van der Waals surface area (Å²) >= 11 is 1.30. The smallest absolute Gasteiger partial charge is 0.265 e. The zero-order valence-corrected chi connectivity index (χ0v) is 20.5. The summed E-state index contributed by atoms with van der Waals surface area (Å²) in [6, 6.07) is 11.4. The number of benzene rings is 1. The van der Waals surface area contributed by atoms with Gasteiger partial charge in [0, 0.05) is 38.0 Å². The van der Waals surface area contributed by atoms with Crippen LogP contribution in [0, 0.1) is 0 Å². The molecule has 1 unspecified atom stereocenters. The average molecular weight is 480 g/mol. The molecule has 7 nitrogen and oxygen atoms in total. The van der Waals surface area contributed by atoms with Crippen LogP contribution in [-0.2, 0) is 18.4 Å². The highest BCUT2D eigenvalue weighted by Gasteiger charge is 2.26. The van der Waals surface area contributed by atoms with Crippen molar-refractivity contribution in [3.63, 3.8) is 0 Å². The van der Waals surface area contributed by atoms with Gasteiger partial charge < -0.3 is 19.4 Å². The first-order chi connectivity index (χ1) is 16.6. The van der Waals surface area contributed by atoms with Gasteiger partial charge >= 0.3 is 0 Å². The Kier molecular flexibility index (Phi) is 7.59. The standard InChI is InChI=1S/C24H23N3O4S.C2H6/c1-27-18-7-3-2-6-17(18)21-19(24(27)29)20(31-14-15-8-10-25-11-9-15)22(32-21)23(28)26-13-16-5-4-12-30-16;1-2/h2-3,6-11,16H,4-5,12-14H2,1H3,(H,26,28);1-2H3. The number of hydrogen-bond acceptors (Lipinski definition) is 6. The number of pyridine rings is 2. The third-order valence-electron chi connectivity index (χ3n) is 5.75. The van der Waals surface area contributed by atoms with E-state index in [1.54, 1.807) is 24.0 Å². The Labute approximate surface area is 202 Å². The SMILES string of the molecule is CC.Cn1c(=O)c2c(OCc3ccncc3)c(C(=O)NCC3CCCO3)sc2c2ccccc21. The van der Waals surface area contributed by atoms with Crippen molar-refractivity contribution in [2.75, 3.05) is 13.2 Å². The number of nitrogens with one attached hydrogen (secondary N) is 1. The van der Waals surface area contributed by atoms with Crippen LogP contribution in [0.3, 0.4) is 0 Å². The lowest BCUT2D eigenvalue weighted by Crippen LogP contribution is -2.31. The summed E-state index contributed by atoms with van der Waals surface area (Å²) < 4.78 is 14.1. The van der Waals surface area contributed by atoms with E-state index in [1.165, 1.54) is 11.3 Å². The number of aryl methyl sites for hydroxylation is 1. The largest absolute Gasteiger partial charge is 0.486 e. The van der Waals surface area contributed by atoms with Gasteiger partial charge in [0.05, 0.1) is 16.3 Å². The van der Waals surface area contributed by atoms with Crippen LogP contribution in [-0.4, -0.2) is 34.7 Å². The number of ether oxygens (including phenoxy) is 2. The van der Waals surface area contributed by atoms with Crippen LogP contribution in [0.1, 0.15) is 41.9 Å². The number of carbonyl (C=O) groups is 1. The predicted molar refractivity (Wildman–Crippen MR) is 136 cm³/mol. The molecular formula is C26H29N3O4S. The molecule has 1 N–H and O–H groups in total. The Morgan fingerprint density at radius 1 is 1.24 bits per heavy atom. The second kappa shape index (κ2) is 10.8. The zero-order valence-electron chi connectivity index (χ0n) is 19.7. The molecule has 0 radical (unpaired) electrons. The summed E-state index contributed by atoms with van der Waals surface area (Å²) in [5.41, 5.74) is 1.54. The van der Waals surface area contributed by atoms with Crippen LogP contribution in [0.15, 0.2) is 53.6 Å². The van der Waals surface area contributed by atoms with Gasteiger partial charge in [-0.25, -0.2) is 0 Å². The van der Waals surface area contributed by atoms with E-state index in [9.17, 15) is 9.59 Å². The third-order valence-corrected chi connectivity index (χ3v) is 6.95. The molecule has 1 aliphatic rings. The van der Waals surface area contributed by atoms with Crippen LogP contribution in [0.4, 0.5) is 0 Å². The summed E-state index contributed by atoms with van der Waals surface area (Å²) in [6.07, 6.45) is 5.34. The predicted octanol–water partition coefficient (Wildman–Crippen LogP) is 4.66. The fourth-order valence-electron chi connectivity index (χ4n) is 4.05. The maximum Gasteiger partial charge on any atom is 0.265 e. The molecular weight excluding hydrogens is 450 g/mol.